The number of phenols is 1. The van der Waals surface area contributed by atoms with Gasteiger partial charge in [-0.15, -0.1) is 0 Å². The minimum absolute atomic E-state index is 0.0237. The van der Waals surface area contributed by atoms with Gasteiger partial charge in [0, 0.05) is 39.3 Å². The zero-order valence-corrected chi connectivity index (χ0v) is 20.8. The van der Waals surface area contributed by atoms with Crippen LogP contribution in [0.15, 0.2) is 48.5 Å². The van der Waals surface area contributed by atoms with Crippen molar-refractivity contribution in [3.63, 3.8) is 0 Å². The van der Waals surface area contributed by atoms with Gasteiger partial charge in [-0.2, -0.15) is 0 Å². The third-order valence-corrected chi connectivity index (χ3v) is 6.10. The molecule has 3 amide bonds. The fourth-order valence-electron chi connectivity index (χ4n) is 4.08. The smallest absolute Gasteiger partial charge is 0.409 e. The third kappa shape index (κ3) is 7.69. The van der Waals surface area contributed by atoms with Gasteiger partial charge in [0.15, 0.2) is 0 Å². The van der Waals surface area contributed by atoms with Gasteiger partial charge in [-0.25, -0.2) is 18.4 Å². The minimum atomic E-state index is -0.600. The Balaban J connectivity index is 1.64. The second-order valence-electron chi connectivity index (χ2n) is 8.95. The first-order valence-corrected chi connectivity index (χ1v) is 12.0. The van der Waals surface area contributed by atoms with Gasteiger partial charge >= 0.3 is 12.1 Å². The number of piperidine rings is 1. The number of hydrogen-bond donors (Lipinski definition) is 1. The molecular weight excluding hydrogens is 468 g/mol. The Labute approximate surface area is 210 Å². The molecule has 1 N–H and O–H groups in total. The van der Waals surface area contributed by atoms with Crippen LogP contribution in [-0.4, -0.2) is 78.8 Å². The summed E-state index contributed by atoms with van der Waals surface area (Å²) in [6.07, 6.45) is 4.73. The lowest BCUT2D eigenvalue weighted by atomic mass is 10.0. The number of carbonyl (C=O) groups is 2. The van der Waals surface area contributed by atoms with E-state index >= 15 is 0 Å². The molecule has 2 aromatic carbocycles. The van der Waals surface area contributed by atoms with Crippen LogP contribution in [0.1, 0.15) is 30.4 Å². The van der Waals surface area contributed by atoms with E-state index in [2.05, 4.69) is 0 Å². The molecule has 36 heavy (non-hydrogen) atoms. The quantitative estimate of drug-likeness (QED) is 0.558. The van der Waals surface area contributed by atoms with Crippen molar-refractivity contribution in [2.24, 2.45) is 0 Å². The van der Waals surface area contributed by atoms with Crippen molar-refractivity contribution in [3.05, 3.63) is 71.3 Å². The largest absolute Gasteiger partial charge is 0.508 e. The minimum Gasteiger partial charge on any atom is -0.508 e. The van der Waals surface area contributed by atoms with Crippen molar-refractivity contribution >= 4 is 17.7 Å². The van der Waals surface area contributed by atoms with E-state index in [9.17, 15) is 23.5 Å². The highest BCUT2D eigenvalue weighted by Gasteiger charge is 2.20. The van der Waals surface area contributed by atoms with E-state index in [1.807, 2.05) is 6.07 Å². The molecule has 1 saturated heterocycles. The molecule has 0 spiro atoms. The number of rotatable bonds is 8. The average Bonchev–Trinajstić information content (AvgIpc) is 2.87. The molecule has 194 valence electrons. The van der Waals surface area contributed by atoms with Crippen molar-refractivity contribution in [2.45, 2.75) is 25.7 Å². The topological polar surface area (TPSA) is 73.3 Å². The first kappa shape index (κ1) is 27.0. The first-order chi connectivity index (χ1) is 17.2. The molecule has 3 rings (SSSR count). The Morgan fingerprint density at radius 1 is 1.06 bits per heavy atom. The van der Waals surface area contributed by atoms with E-state index in [-0.39, 0.29) is 43.1 Å². The number of benzene rings is 2. The molecule has 1 aliphatic heterocycles. The summed E-state index contributed by atoms with van der Waals surface area (Å²) in [6, 6.07) is 9.48. The number of ether oxygens (including phenoxy) is 1. The summed E-state index contributed by atoms with van der Waals surface area (Å²) in [4.78, 5) is 29.6. The fraction of sp³-hybridized carbons (Fsp3) is 0.407. The normalized spacial score (nSPS) is 13.9. The Morgan fingerprint density at radius 3 is 2.53 bits per heavy atom. The molecule has 2 aromatic rings. The van der Waals surface area contributed by atoms with Gasteiger partial charge in [-0.3, -0.25) is 0 Å². The fourth-order valence-corrected chi connectivity index (χ4v) is 4.08. The lowest BCUT2D eigenvalue weighted by Crippen LogP contribution is -2.42. The van der Waals surface area contributed by atoms with Crippen LogP contribution >= 0.6 is 0 Å². The second-order valence-corrected chi connectivity index (χ2v) is 8.95. The molecular formula is C27H33F2N3O4. The van der Waals surface area contributed by atoms with Crippen LogP contribution < -0.4 is 0 Å². The predicted molar refractivity (Wildman–Crippen MR) is 134 cm³/mol. The van der Waals surface area contributed by atoms with Crippen LogP contribution in [0.4, 0.5) is 18.4 Å². The van der Waals surface area contributed by atoms with Crippen molar-refractivity contribution < 1.29 is 28.2 Å². The summed E-state index contributed by atoms with van der Waals surface area (Å²) in [5.41, 5.74) is 1.27. The summed E-state index contributed by atoms with van der Waals surface area (Å²) >= 11 is 0. The highest BCUT2D eigenvalue weighted by atomic mass is 19.1. The van der Waals surface area contributed by atoms with Gasteiger partial charge in [0.25, 0.3) is 0 Å². The van der Waals surface area contributed by atoms with Crippen LogP contribution in [0, 0.1) is 11.6 Å². The molecule has 0 aromatic heterocycles. The number of nitrogens with zero attached hydrogens (tertiary/aromatic N) is 3. The number of halogens is 2. The van der Waals surface area contributed by atoms with Crippen molar-refractivity contribution in [2.75, 3.05) is 46.9 Å². The van der Waals surface area contributed by atoms with Crippen LogP contribution in [0.3, 0.4) is 0 Å². The van der Waals surface area contributed by atoms with Crippen molar-refractivity contribution in [3.8, 4) is 5.75 Å². The van der Waals surface area contributed by atoms with Crippen molar-refractivity contribution in [1.82, 2.24) is 14.7 Å². The Bertz CT molecular complexity index is 1090. The summed E-state index contributed by atoms with van der Waals surface area (Å²) in [5.74, 6) is -1.08. The second kappa shape index (κ2) is 12.9. The molecule has 1 aliphatic rings. The molecule has 1 fully saturated rings. The monoisotopic (exact) mass is 501 g/mol. The van der Waals surface area contributed by atoms with Crippen LogP contribution in [0.25, 0.3) is 5.57 Å². The Morgan fingerprint density at radius 2 is 1.81 bits per heavy atom. The van der Waals surface area contributed by atoms with Gasteiger partial charge in [-0.05, 0) is 67.2 Å². The maximum Gasteiger partial charge on any atom is 0.409 e. The lowest BCUT2D eigenvalue weighted by molar-refractivity contribution is 0.0874. The van der Waals surface area contributed by atoms with E-state index in [0.29, 0.717) is 25.1 Å². The number of aromatic hydroxyl groups is 1. The van der Waals surface area contributed by atoms with E-state index in [0.717, 1.165) is 43.0 Å². The first-order valence-electron chi connectivity index (χ1n) is 12.0. The number of likely N-dealkylation sites (N-methyl/N-ethyl adjacent to an activating group) is 2. The molecule has 9 heteroatoms. The van der Waals surface area contributed by atoms with E-state index in [1.54, 1.807) is 43.3 Å². The molecule has 0 aliphatic carbocycles. The van der Waals surface area contributed by atoms with Gasteiger partial charge in [0.05, 0.1) is 6.54 Å². The predicted octanol–water partition coefficient (Wildman–Crippen LogP) is 4.90. The van der Waals surface area contributed by atoms with Gasteiger partial charge in [-0.1, -0.05) is 18.2 Å². The number of carbonyl (C=O) groups excluding carboxylic acids is 2. The van der Waals surface area contributed by atoms with Crippen molar-refractivity contribution in [1.29, 1.82) is 0 Å². The van der Waals surface area contributed by atoms with E-state index in [1.165, 1.54) is 9.80 Å². The highest BCUT2D eigenvalue weighted by molar-refractivity contribution is 5.78. The lowest BCUT2D eigenvalue weighted by Gasteiger charge is -2.28. The molecule has 0 atom stereocenters. The summed E-state index contributed by atoms with van der Waals surface area (Å²) in [6.45, 7) is 1.65. The molecule has 0 unspecified atom stereocenters. The van der Waals surface area contributed by atoms with Gasteiger partial charge in [0.2, 0.25) is 0 Å². The van der Waals surface area contributed by atoms with Crippen LogP contribution in [0.2, 0.25) is 0 Å². The number of phenolic OH excluding ortho intramolecular Hbond substituents is 1. The average molecular weight is 502 g/mol. The van der Waals surface area contributed by atoms with Gasteiger partial charge in [0.1, 0.15) is 24.0 Å². The number of amides is 3. The standard InChI is InChI=1S/C27H33F2N3O4/c1-30(15-16-36-27(35)32-13-4-3-5-14-32)26(34)31(2)19-21(24-18-22(28)11-12-25(24)29)10-9-20-7-6-8-23(33)17-20/h6-8,10-12,17-18,33H,3-5,9,13-16,19H2,1-2H3/b21-10+. The SMILES string of the molecule is CN(CCOC(=O)N1CCCCC1)C(=O)N(C)C/C(=C\Cc1cccc(O)c1)c1cc(F)ccc1F. The van der Waals surface area contributed by atoms with Crippen LogP contribution in [-0.2, 0) is 11.2 Å². The molecule has 0 radical (unpaired) electrons. The van der Waals surface area contributed by atoms with E-state index in [4.69, 9.17) is 4.74 Å². The summed E-state index contributed by atoms with van der Waals surface area (Å²) in [5, 5.41) is 9.71. The van der Waals surface area contributed by atoms with Crippen LogP contribution in [0.5, 0.6) is 5.75 Å². The molecule has 1 heterocycles. The number of allylic oxidation sites excluding steroid dienone is 1. The maximum absolute atomic E-state index is 14.6. The third-order valence-electron chi connectivity index (χ3n) is 6.10. The molecule has 0 bridgehead atoms. The summed E-state index contributed by atoms with van der Waals surface area (Å²) < 4.78 is 33.8. The number of likely N-dealkylation sites (tertiary alicyclic amines) is 1. The number of hydrogen-bond acceptors (Lipinski definition) is 4. The van der Waals surface area contributed by atoms with E-state index < -0.39 is 11.6 Å². The summed E-state index contributed by atoms with van der Waals surface area (Å²) in [7, 11) is 3.16. The Hall–Kier alpha value is -3.62. The molecule has 0 saturated carbocycles. The molecule has 7 nitrogen and oxygen atoms in total. The zero-order chi connectivity index (χ0) is 26.1. The zero-order valence-electron chi connectivity index (χ0n) is 20.8. The van der Waals surface area contributed by atoms with Gasteiger partial charge < -0.3 is 24.5 Å². The maximum atomic E-state index is 14.6. The number of urea groups is 1. The Kier molecular flexibility index (Phi) is 9.67. The highest BCUT2D eigenvalue weighted by Crippen LogP contribution is 2.23.